The predicted molar refractivity (Wildman–Crippen MR) is 112 cm³/mol. The van der Waals surface area contributed by atoms with Gasteiger partial charge in [-0.15, -0.1) is 0 Å². The second-order valence-corrected chi connectivity index (χ2v) is 8.71. The van der Waals surface area contributed by atoms with Gasteiger partial charge in [0, 0.05) is 19.8 Å². The molecule has 11 heteroatoms. The normalized spacial score (nSPS) is 11.3. The van der Waals surface area contributed by atoms with Crippen LogP contribution in [0.1, 0.15) is 17.3 Å². The van der Waals surface area contributed by atoms with E-state index in [1.807, 2.05) is 0 Å². The number of carbonyl (C=O) groups excluding carboxylic acids is 2. The third-order valence-corrected chi connectivity index (χ3v) is 6.02. The number of hydrogen-bond acceptors (Lipinski definition) is 5. The Balaban J connectivity index is 2.23. The summed E-state index contributed by atoms with van der Waals surface area (Å²) in [4.78, 5) is 24.3. The molecule has 0 aromatic heterocycles. The van der Waals surface area contributed by atoms with Crippen molar-refractivity contribution in [2.75, 3.05) is 36.9 Å². The van der Waals surface area contributed by atoms with E-state index < -0.39 is 34.4 Å². The van der Waals surface area contributed by atoms with Gasteiger partial charge in [-0.1, -0.05) is 11.6 Å². The van der Waals surface area contributed by atoms with Crippen LogP contribution in [0, 0.1) is 5.82 Å². The van der Waals surface area contributed by atoms with Crippen molar-refractivity contribution in [3.63, 3.8) is 0 Å². The first-order chi connectivity index (χ1) is 14.1. The van der Waals surface area contributed by atoms with Crippen LogP contribution in [0.25, 0.3) is 0 Å². The number of esters is 1. The first kappa shape index (κ1) is 23.6. The van der Waals surface area contributed by atoms with Crippen LogP contribution in [-0.4, -0.2) is 51.8 Å². The van der Waals surface area contributed by atoms with Crippen LogP contribution in [0.4, 0.5) is 15.8 Å². The van der Waals surface area contributed by atoms with Gasteiger partial charge >= 0.3 is 16.2 Å². The van der Waals surface area contributed by atoms with E-state index in [2.05, 4.69) is 5.32 Å². The average Bonchev–Trinajstić information content (AvgIpc) is 2.67. The average molecular weight is 458 g/mol. The summed E-state index contributed by atoms with van der Waals surface area (Å²) in [6.45, 7) is 1.28. The van der Waals surface area contributed by atoms with Crippen LogP contribution in [-0.2, 0) is 19.7 Å². The van der Waals surface area contributed by atoms with Crippen molar-refractivity contribution in [2.45, 2.75) is 6.92 Å². The molecule has 0 heterocycles. The number of rotatable bonds is 8. The van der Waals surface area contributed by atoms with Crippen molar-refractivity contribution < 1.29 is 27.1 Å². The molecule has 2 aromatic carbocycles. The van der Waals surface area contributed by atoms with E-state index in [-0.39, 0.29) is 28.6 Å². The maximum Gasteiger partial charge on any atom is 0.339 e. The van der Waals surface area contributed by atoms with E-state index in [9.17, 15) is 22.4 Å². The highest BCUT2D eigenvalue weighted by atomic mass is 35.5. The summed E-state index contributed by atoms with van der Waals surface area (Å²) < 4.78 is 45.2. The van der Waals surface area contributed by atoms with Gasteiger partial charge in [0.1, 0.15) is 12.4 Å². The summed E-state index contributed by atoms with van der Waals surface area (Å²) in [7, 11) is -1.39. The van der Waals surface area contributed by atoms with Gasteiger partial charge in [-0.25, -0.2) is 13.5 Å². The van der Waals surface area contributed by atoms with Crippen molar-refractivity contribution in [3.8, 4) is 0 Å². The van der Waals surface area contributed by atoms with Gasteiger partial charge in [-0.3, -0.25) is 4.79 Å². The summed E-state index contributed by atoms with van der Waals surface area (Å²) >= 11 is 6.07. The molecule has 0 fully saturated rings. The Morgan fingerprint density at radius 2 is 1.77 bits per heavy atom. The van der Waals surface area contributed by atoms with Crippen LogP contribution in [0.3, 0.4) is 0 Å². The van der Waals surface area contributed by atoms with Crippen molar-refractivity contribution in [1.82, 2.24) is 4.31 Å². The Kier molecular flexibility index (Phi) is 7.77. The minimum absolute atomic E-state index is 0.0718. The Bertz CT molecular complexity index is 1030. The molecule has 2 aromatic rings. The third kappa shape index (κ3) is 5.68. The molecule has 0 unspecified atom stereocenters. The highest BCUT2D eigenvalue weighted by Gasteiger charge is 2.27. The predicted octanol–water partition coefficient (Wildman–Crippen LogP) is 2.91. The van der Waals surface area contributed by atoms with E-state index in [1.165, 1.54) is 44.4 Å². The molecule has 0 aliphatic heterocycles. The molecule has 0 saturated heterocycles. The van der Waals surface area contributed by atoms with E-state index in [0.29, 0.717) is 0 Å². The van der Waals surface area contributed by atoms with Gasteiger partial charge in [0.05, 0.1) is 22.9 Å². The van der Waals surface area contributed by atoms with Crippen LogP contribution in [0.5, 0.6) is 0 Å². The molecule has 1 amide bonds. The van der Waals surface area contributed by atoms with Gasteiger partial charge in [0.15, 0.2) is 0 Å². The van der Waals surface area contributed by atoms with E-state index in [1.54, 1.807) is 6.92 Å². The summed E-state index contributed by atoms with van der Waals surface area (Å²) in [5.41, 5.74) is 0.523. The van der Waals surface area contributed by atoms with Crippen molar-refractivity contribution in [2.24, 2.45) is 0 Å². The first-order valence-corrected chi connectivity index (χ1v) is 10.6. The lowest BCUT2D eigenvalue weighted by Gasteiger charge is -2.27. The Labute approximate surface area is 179 Å². The van der Waals surface area contributed by atoms with Crippen molar-refractivity contribution in [1.29, 1.82) is 0 Å². The molecule has 0 atom stereocenters. The van der Waals surface area contributed by atoms with Gasteiger partial charge in [-0.05, 0) is 49.4 Å². The number of anilines is 2. The zero-order valence-electron chi connectivity index (χ0n) is 16.6. The third-order valence-electron chi connectivity index (χ3n) is 3.89. The van der Waals surface area contributed by atoms with E-state index >= 15 is 0 Å². The summed E-state index contributed by atoms with van der Waals surface area (Å²) in [6, 6.07) is 8.90. The smallest absolute Gasteiger partial charge is 0.339 e. The number of ether oxygens (including phenoxy) is 1. The number of amides is 1. The number of nitrogens with one attached hydrogen (secondary N) is 1. The second-order valence-electron chi connectivity index (χ2n) is 6.24. The second kappa shape index (κ2) is 9.88. The lowest BCUT2D eigenvalue weighted by molar-refractivity contribution is -0.114. The fraction of sp³-hybridized carbons (Fsp3) is 0.263. The Hall–Kier alpha value is -2.69. The Morgan fingerprint density at radius 1 is 1.13 bits per heavy atom. The lowest BCUT2D eigenvalue weighted by atomic mass is 10.2. The van der Waals surface area contributed by atoms with Gasteiger partial charge in [0.2, 0.25) is 5.91 Å². The highest BCUT2D eigenvalue weighted by Crippen LogP contribution is 2.23. The summed E-state index contributed by atoms with van der Waals surface area (Å²) in [5, 5.41) is 2.60. The molecule has 0 radical (unpaired) electrons. The molecule has 2 rings (SSSR count). The molecule has 1 N–H and O–H groups in total. The van der Waals surface area contributed by atoms with Crippen LogP contribution in [0.15, 0.2) is 42.5 Å². The summed E-state index contributed by atoms with van der Waals surface area (Å²) in [5.74, 6) is -1.80. The molecular weight excluding hydrogens is 437 g/mol. The van der Waals surface area contributed by atoms with Crippen molar-refractivity contribution >= 4 is 45.1 Å². The molecule has 0 bridgehead atoms. The number of nitrogens with zero attached hydrogens (tertiary/aromatic N) is 2. The zero-order valence-corrected chi connectivity index (χ0v) is 18.1. The molecule has 0 spiro atoms. The minimum Gasteiger partial charge on any atom is -0.462 e. The zero-order chi connectivity index (χ0) is 22.5. The number of carbonyl (C=O) groups is 2. The molecule has 30 heavy (non-hydrogen) atoms. The number of benzene rings is 2. The molecule has 0 saturated carbocycles. The maximum atomic E-state index is 13.2. The number of halogens is 2. The quantitative estimate of drug-likeness (QED) is 0.615. The number of hydrogen-bond donors (Lipinski definition) is 1. The summed E-state index contributed by atoms with van der Waals surface area (Å²) in [6.07, 6.45) is 0. The molecule has 0 aliphatic carbocycles. The van der Waals surface area contributed by atoms with Crippen LogP contribution < -0.4 is 9.62 Å². The van der Waals surface area contributed by atoms with Gasteiger partial charge in [-0.2, -0.15) is 12.7 Å². The van der Waals surface area contributed by atoms with Gasteiger partial charge < -0.3 is 10.1 Å². The van der Waals surface area contributed by atoms with E-state index in [4.69, 9.17) is 16.3 Å². The Morgan fingerprint density at radius 3 is 2.30 bits per heavy atom. The highest BCUT2D eigenvalue weighted by molar-refractivity contribution is 7.90. The van der Waals surface area contributed by atoms with Crippen molar-refractivity contribution in [3.05, 3.63) is 58.9 Å². The monoisotopic (exact) mass is 457 g/mol. The molecule has 0 aliphatic rings. The SMILES string of the molecule is CCOC(=O)c1ccc(NC(=O)CN(c2ccc(F)cc2)S(=O)(=O)N(C)C)cc1Cl. The fourth-order valence-corrected chi connectivity index (χ4v) is 3.73. The van der Waals surface area contributed by atoms with Gasteiger partial charge in [0.25, 0.3) is 0 Å². The molecule has 162 valence electrons. The first-order valence-electron chi connectivity index (χ1n) is 8.78. The topological polar surface area (TPSA) is 96.0 Å². The molecule has 8 nitrogen and oxygen atoms in total. The standard InChI is InChI=1S/C19H21ClFN3O5S/c1-4-29-19(26)16-10-7-14(11-17(16)20)22-18(25)12-24(30(27,28)23(2)3)15-8-5-13(21)6-9-15/h5-11H,4,12H2,1-3H3,(H,22,25). The lowest BCUT2D eigenvalue weighted by Crippen LogP contribution is -2.44. The minimum atomic E-state index is -4.03. The van der Waals surface area contributed by atoms with Crippen LogP contribution in [0.2, 0.25) is 5.02 Å². The largest absolute Gasteiger partial charge is 0.462 e. The molecular formula is C19H21ClFN3O5S. The van der Waals surface area contributed by atoms with Crippen LogP contribution >= 0.6 is 11.6 Å². The maximum absolute atomic E-state index is 13.2. The fourth-order valence-electron chi connectivity index (χ4n) is 2.41. The van der Waals surface area contributed by atoms with E-state index in [0.717, 1.165) is 20.7 Å².